The molecule has 0 fully saturated rings. The number of ether oxygens (including phenoxy) is 1. The van der Waals surface area contributed by atoms with E-state index >= 15 is 0 Å². The first-order valence-corrected chi connectivity index (χ1v) is 10.7. The lowest BCUT2D eigenvalue weighted by molar-refractivity contribution is 0.0596. The predicted molar refractivity (Wildman–Crippen MR) is 112 cm³/mol. The molecule has 0 aliphatic heterocycles. The van der Waals surface area contributed by atoms with Crippen LogP contribution in [0.15, 0.2) is 89.8 Å². The Bertz CT molecular complexity index is 1070. The van der Waals surface area contributed by atoms with Gasteiger partial charge >= 0.3 is 5.97 Å². The van der Waals surface area contributed by atoms with Gasteiger partial charge in [-0.1, -0.05) is 72.8 Å². The monoisotopic (exact) mass is 409 g/mol. The second kappa shape index (κ2) is 9.03. The molecule has 0 saturated carbocycles. The Kier molecular flexibility index (Phi) is 6.46. The van der Waals surface area contributed by atoms with Crippen LogP contribution in [0.5, 0.6) is 0 Å². The SMILES string of the molecule is COC(=O)c1ccccc1S(=O)(=O)N(Cc1ccccc1)[C@H](C)c1ccccc1. The van der Waals surface area contributed by atoms with E-state index in [9.17, 15) is 13.2 Å². The van der Waals surface area contributed by atoms with Gasteiger partial charge in [0.2, 0.25) is 10.0 Å². The average molecular weight is 410 g/mol. The lowest BCUT2D eigenvalue weighted by atomic mass is 10.1. The average Bonchev–Trinajstić information content (AvgIpc) is 2.77. The van der Waals surface area contributed by atoms with Crippen LogP contribution in [0.2, 0.25) is 0 Å². The molecule has 0 radical (unpaired) electrons. The smallest absolute Gasteiger partial charge is 0.339 e. The third-order valence-electron chi connectivity index (χ3n) is 4.77. The van der Waals surface area contributed by atoms with Gasteiger partial charge in [0.25, 0.3) is 0 Å². The first kappa shape index (κ1) is 20.8. The molecule has 0 aliphatic rings. The zero-order valence-corrected chi connectivity index (χ0v) is 17.2. The van der Waals surface area contributed by atoms with E-state index in [1.807, 2.05) is 67.6 Å². The molecule has 0 aliphatic carbocycles. The molecule has 6 heteroatoms. The third kappa shape index (κ3) is 4.55. The van der Waals surface area contributed by atoms with Crippen molar-refractivity contribution in [2.75, 3.05) is 7.11 Å². The summed E-state index contributed by atoms with van der Waals surface area (Å²) in [6.45, 7) is 2.02. The first-order chi connectivity index (χ1) is 13.9. The van der Waals surface area contributed by atoms with Crippen LogP contribution in [0.3, 0.4) is 0 Å². The maximum Gasteiger partial charge on any atom is 0.339 e. The summed E-state index contributed by atoms with van der Waals surface area (Å²) in [7, 11) is -2.76. The lowest BCUT2D eigenvalue weighted by Crippen LogP contribution is -2.34. The number of esters is 1. The molecule has 3 aromatic rings. The van der Waals surface area contributed by atoms with Gasteiger partial charge in [-0.05, 0) is 30.2 Å². The van der Waals surface area contributed by atoms with E-state index < -0.39 is 22.0 Å². The van der Waals surface area contributed by atoms with E-state index in [4.69, 9.17) is 4.74 Å². The minimum atomic E-state index is -4.00. The zero-order chi connectivity index (χ0) is 20.9. The molecule has 0 spiro atoms. The number of sulfonamides is 1. The van der Waals surface area contributed by atoms with Crippen molar-refractivity contribution in [2.45, 2.75) is 24.4 Å². The van der Waals surface area contributed by atoms with Crippen molar-refractivity contribution in [1.29, 1.82) is 0 Å². The van der Waals surface area contributed by atoms with Crippen LogP contribution in [0, 0.1) is 0 Å². The Labute approximate surface area is 171 Å². The van der Waals surface area contributed by atoms with Gasteiger partial charge in [-0.15, -0.1) is 0 Å². The molecule has 3 rings (SSSR count). The summed E-state index contributed by atoms with van der Waals surface area (Å²) in [5.41, 5.74) is 1.74. The van der Waals surface area contributed by atoms with Crippen LogP contribution in [0.25, 0.3) is 0 Å². The molecule has 29 heavy (non-hydrogen) atoms. The van der Waals surface area contributed by atoms with Gasteiger partial charge in [0, 0.05) is 12.6 Å². The summed E-state index contributed by atoms with van der Waals surface area (Å²) in [6.07, 6.45) is 0. The number of nitrogens with zero attached hydrogens (tertiary/aromatic N) is 1. The molecule has 0 aromatic heterocycles. The molecular formula is C23H23NO4S. The van der Waals surface area contributed by atoms with Crippen LogP contribution in [0.1, 0.15) is 34.5 Å². The Balaban J connectivity index is 2.11. The van der Waals surface area contributed by atoms with Crippen molar-refractivity contribution < 1.29 is 17.9 Å². The van der Waals surface area contributed by atoms with E-state index in [1.54, 1.807) is 12.1 Å². The number of hydrogen-bond donors (Lipinski definition) is 0. The Hall–Kier alpha value is -2.96. The van der Waals surface area contributed by atoms with Crippen molar-refractivity contribution in [1.82, 2.24) is 4.31 Å². The van der Waals surface area contributed by atoms with Crippen LogP contribution >= 0.6 is 0 Å². The third-order valence-corrected chi connectivity index (χ3v) is 6.75. The van der Waals surface area contributed by atoms with E-state index in [1.165, 1.54) is 23.5 Å². The van der Waals surface area contributed by atoms with Gasteiger partial charge in [-0.25, -0.2) is 13.2 Å². The molecule has 0 bridgehead atoms. The van der Waals surface area contributed by atoms with E-state index in [0.29, 0.717) is 0 Å². The van der Waals surface area contributed by atoms with Crippen molar-refractivity contribution in [3.05, 3.63) is 102 Å². The highest BCUT2D eigenvalue weighted by molar-refractivity contribution is 7.89. The molecule has 1 atom stereocenters. The Morgan fingerprint density at radius 1 is 0.897 bits per heavy atom. The number of carbonyl (C=O) groups excluding carboxylic acids is 1. The predicted octanol–water partition coefficient (Wildman–Crippen LogP) is 4.43. The maximum absolute atomic E-state index is 13.7. The molecule has 0 heterocycles. The highest BCUT2D eigenvalue weighted by Gasteiger charge is 2.33. The zero-order valence-electron chi connectivity index (χ0n) is 16.4. The molecular weight excluding hydrogens is 386 g/mol. The van der Waals surface area contributed by atoms with Gasteiger partial charge in [-0.2, -0.15) is 4.31 Å². The summed E-state index contributed by atoms with van der Waals surface area (Å²) in [4.78, 5) is 12.1. The lowest BCUT2D eigenvalue weighted by Gasteiger charge is -2.29. The highest BCUT2D eigenvalue weighted by Crippen LogP contribution is 2.31. The molecule has 3 aromatic carbocycles. The van der Waals surface area contributed by atoms with Crippen LogP contribution in [-0.4, -0.2) is 25.8 Å². The molecule has 0 saturated heterocycles. The van der Waals surface area contributed by atoms with Gasteiger partial charge in [-0.3, -0.25) is 0 Å². The molecule has 0 N–H and O–H groups in total. The quantitative estimate of drug-likeness (QED) is 0.542. The number of methoxy groups -OCH3 is 1. The van der Waals surface area contributed by atoms with Gasteiger partial charge < -0.3 is 4.74 Å². The van der Waals surface area contributed by atoms with E-state index in [0.717, 1.165) is 11.1 Å². The fourth-order valence-electron chi connectivity index (χ4n) is 3.19. The van der Waals surface area contributed by atoms with Crippen molar-refractivity contribution in [3.8, 4) is 0 Å². The molecule has 5 nitrogen and oxygen atoms in total. The van der Waals surface area contributed by atoms with Crippen LogP contribution in [0.4, 0.5) is 0 Å². The second-order valence-electron chi connectivity index (χ2n) is 6.61. The van der Waals surface area contributed by atoms with Crippen LogP contribution < -0.4 is 0 Å². The van der Waals surface area contributed by atoms with Gasteiger partial charge in [0.1, 0.15) is 0 Å². The molecule has 150 valence electrons. The number of benzene rings is 3. The summed E-state index contributed by atoms with van der Waals surface area (Å²) >= 11 is 0. The van der Waals surface area contributed by atoms with Gasteiger partial charge in [0.15, 0.2) is 0 Å². The number of carbonyl (C=O) groups is 1. The summed E-state index contributed by atoms with van der Waals surface area (Å²) in [6, 6.07) is 24.5. The van der Waals surface area contributed by atoms with E-state index in [-0.39, 0.29) is 17.0 Å². The Morgan fingerprint density at radius 2 is 1.45 bits per heavy atom. The van der Waals surface area contributed by atoms with E-state index in [2.05, 4.69) is 0 Å². The largest absolute Gasteiger partial charge is 0.465 e. The standard InChI is InChI=1S/C23H23NO4S/c1-18(20-13-7-4-8-14-20)24(17-19-11-5-3-6-12-19)29(26,27)22-16-10-9-15-21(22)23(25)28-2/h3-16,18H,17H2,1-2H3/t18-/m1/s1. The normalized spacial score (nSPS) is 12.5. The molecule has 0 unspecified atom stereocenters. The minimum absolute atomic E-state index is 0.0216. The fraction of sp³-hybridized carbons (Fsp3) is 0.174. The maximum atomic E-state index is 13.7. The van der Waals surface area contributed by atoms with Crippen molar-refractivity contribution in [3.63, 3.8) is 0 Å². The highest BCUT2D eigenvalue weighted by atomic mass is 32.2. The van der Waals surface area contributed by atoms with Crippen molar-refractivity contribution in [2.24, 2.45) is 0 Å². The number of hydrogen-bond acceptors (Lipinski definition) is 4. The fourth-order valence-corrected chi connectivity index (χ4v) is 4.98. The number of rotatable bonds is 7. The van der Waals surface area contributed by atoms with Gasteiger partial charge in [0.05, 0.1) is 17.6 Å². The summed E-state index contributed by atoms with van der Waals surface area (Å²) in [5, 5.41) is 0. The molecule has 0 amide bonds. The van der Waals surface area contributed by atoms with Crippen molar-refractivity contribution >= 4 is 16.0 Å². The minimum Gasteiger partial charge on any atom is -0.465 e. The summed E-state index contributed by atoms with van der Waals surface area (Å²) < 4.78 is 33.6. The Morgan fingerprint density at radius 3 is 2.07 bits per heavy atom. The van der Waals surface area contributed by atoms with Crippen LogP contribution in [-0.2, 0) is 21.3 Å². The second-order valence-corrected chi connectivity index (χ2v) is 8.47. The topological polar surface area (TPSA) is 63.7 Å². The summed E-state index contributed by atoms with van der Waals surface area (Å²) in [5.74, 6) is -0.684. The first-order valence-electron chi connectivity index (χ1n) is 9.23.